The van der Waals surface area contributed by atoms with Gasteiger partial charge in [0.15, 0.2) is 0 Å². The topological polar surface area (TPSA) is 56.0 Å². The van der Waals surface area contributed by atoms with E-state index in [4.69, 9.17) is 16.9 Å². The van der Waals surface area contributed by atoms with E-state index in [1.165, 1.54) is 12.1 Å². The summed E-state index contributed by atoms with van der Waals surface area (Å²) < 4.78 is 13.1. The molecule has 0 aliphatic heterocycles. The predicted octanol–water partition coefficient (Wildman–Crippen LogP) is 3.67. The molecule has 0 aliphatic rings. The van der Waals surface area contributed by atoms with E-state index in [-0.39, 0.29) is 12.3 Å². The first-order valence-corrected chi connectivity index (χ1v) is 5.88. The van der Waals surface area contributed by atoms with Gasteiger partial charge in [-0.15, -0.1) is 0 Å². The summed E-state index contributed by atoms with van der Waals surface area (Å²) in [5, 5.41) is 21.8. The van der Waals surface area contributed by atoms with E-state index >= 15 is 0 Å². The Hall–Kier alpha value is -2.25. The number of nitriles is 1. The van der Waals surface area contributed by atoms with Gasteiger partial charge < -0.3 is 10.4 Å². The maximum Gasteiger partial charge on any atom is 0.127 e. The molecule has 0 radical (unpaired) electrons. The summed E-state index contributed by atoms with van der Waals surface area (Å²) in [6.45, 7) is 0.278. The molecule has 0 spiro atoms. The standard InChI is InChI=1S/C14H10ClFN2O/c15-11-2-1-10(7-17)14(5-11)18-8-9-3-12(16)6-13(19)4-9/h1-6,18-19H,8H2. The van der Waals surface area contributed by atoms with E-state index in [1.54, 1.807) is 18.2 Å². The normalized spacial score (nSPS) is 9.95. The second-order valence-electron chi connectivity index (χ2n) is 3.97. The average molecular weight is 277 g/mol. The van der Waals surface area contributed by atoms with Gasteiger partial charge in [-0.25, -0.2) is 4.39 Å². The van der Waals surface area contributed by atoms with Crippen LogP contribution >= 0.6 is 11.6 Å². The summed E-state index contributed by atoms with van der Waals surface area (Å²) in [6, 6.07) is 10.7. The van der Waals surface area contributed by atoms with Crippen LogP contribution in [0.15, 0.2) is 36.4 Å². The number of phenolic OH excluding ortho intramolecular Hbond substituents is 1. The van der Waals surface area contributed by atoms with E-state index in [1.807, 2.05) is 6.07 Å². The molecule has 2 rings (SSSR count). The van der Waals surface area contributed by atoms with Gasteiger partial charge in [0.1, 0.15) is 17.6 Å². The van der Waals surface area contributed by atoms with E-state index < -0.39 is 5.82 Å². The molecule has 2 aromatic rings. The highest BCUT2D eigenvalue weighted by molar-refractivity contribution is 6.30. The van der Waals surface area contributed by atoms with Gasteiger partial charge in [0.05, 0.1) is 11.3 Å². The van der Waals surface area contributed by atoms with E-state index in [2.05, 4.69) is 5.32 Å². The first kappa shape index (κ1) is 13.2. The molecule has 0 unspecified atom stereocenters. The van der Waals surface area contributed by atoms with Crippen molar-refractivity contribution in [3.05, 3.63) is 58.4 Å². The highest BCUT2D eigenvalue weighted by atomic mass is 35.5. The van der Waals surface area contributed by atoms with Gasteiger partial charge in [0.25, 0.3) is 0 Å². The SMILES string of the molecule is N#Cc1ccc(Cl)cc1NCc1cc(O)cc(F)c1. The Morgan fingerprint density at radius 1 is 1.26 bits per heavy atom. The zero-order valence-corrected chi connectivity index (χ0v) is 10.6. The molecule has 5 heteroatoms. The lowest BCUT2D eigenvalue weighted by Crippen LogP contribution is -2.01. The number of hydrogen-bond acceptors (Lipinski definition) is 3. The quantitative estimate of drug-likeness (QED) is 0.899. The van der Waals surface area contributed by atoms with Gasteiger partial charge in [-0.1, -0.05) is 11.6 Å². The maximum absolute atomic E-state index is 13.1. The minimum Gasteiger partial charge on any atom is -0.508 e. The molecule has 0 aliphatic carbocycles. The van der Waals surface area contributed by atoms with Crippen molar-refractivity contribution in [2.24, 2.45) is 0 Å². The highest BCUT2D eigenvalue weighted by Crippen LogP contribution is 2.22. The smallest absolute Gasteiger partial charge is 0.127 e. The van der Waals surface area contributed by atoms with Crippen LogP contribution in [0.1, 0.15) is 11.1 Å². The monoisotopic (exact) mass is 276 g/mol. The van der Waals surface area contributed by atoms with Crippen LogP contribution < -0.4 is 5.32 Å². The van der Waals surface area contributed by atoms with E-state index in [0.717, 1.165) is 6.07 Å². The molecular weight excluding hydrogens is 267 g/mol. The number of aromatic hydroxyl groups is 1. The number of nitrogens with zero attached hydrogens (tertiary/aromatic N) is 1. The number of nitrogens with one attached hydrogen (secondary N) is 1. The second-order valence-corrected chi connectivity index (χ2v) is 4.41. The number of halogens is 2. The van der Waals surface area contributed by atoms with Gasteiger partial charge >= 0.3 is 0 Å². The van der Waals surface area contributed by atoms with Gasteiger partial charge in [0, 0.05) is 17.6 Å². The molecule has 0 bridgehead atoms. The van der Waals surface area contributed by atoms with Gasteiger partial charge in [0.2, 0.25) is 0 Å². The fourth-order valence-corrected chi connectivity index (χ4v) is 1.87. The van der Waals surface area contributed by atoms with Crippen molar-refractivity contribution in [1.29, 1.82) is 5.26 Å². The molecule has 0 saturated heterocycles. The molecule has 0 atom stereocenters. The first-order valence-electron chi connectivity index (χ1n) is 5.50. The molecule has 96 valence electrons. The Balaban J connectivity index is 2.19. The third kappa shape index (κ3) is 3.36. The van der Waals surface area contributed by atoms with Crippen molar-refractivity contribution in [2.45, 2.75) is 6.54 Å². The third-order valence-corrected chi connectivity index (χ3v) is 2.76. The molecule has 2 aromatic carbocycles. The lowest BCUT2D eigenvalue weighted by Gasteiger charge is -2.09. The van der Waals surface area contributed by atoms with Gasteiger partial charge in [-0.05, 0) is 35.9 Å². The van der Waals surface area contributed by atoms with E-state index in [9.17, 15) is 9.50 Å². The van der Waals surface area contributed by atoms with Crippen LogP contribution in [0.3, 0.4) is 0 Å². The average Bonchev–Trinajstić information content (AvgIpc) is 2.35. The minimum atomic E-state index is -0.511. The molecule has 0 aromatic heterocycles. The fraction of sp³-hybridized carbons (Fsp3) is 0.0714. The Morgan fingerprint density at radius 2 is 2.05 bits per heavy atom. The van der Waals surface area contributed by atoms with Crippen molar-refractivity contribution in [2.75, 3.05) is 5.32 Å². The number of phenols is 1. The molecular formula is C14H10ClFN2O. The molecule has 3 nitrogen and oxygen atoms in total. The molecule has 0 fully saturated rings. The number of anilines is 1. The second kappa shape index (κ2) is 5.59. The van der Waals surface area contributed by atoms with Gasteiger partial charge in [-0.2, -0.15) is 5.26 Å². The highest BCUT2D eigenvalue weighted by Gasteiger charge is 2.04. The number of rotatable bonds is 3. The summed E-state index contributed by atoms with van der Waals surface area (Å²) in [5.74, 6) is -0.646. The first-order chi connectivity index (χ1) is 9.08. The molecule has 0 amide bonds. The van der Waals surface area contributed by atoms with Crippen LogP contribution in [0, 0.1) is 17.1 Å². The molecule has 19 heavy (non-hydrogen) atoms. The maximum atomic E-state index is 13.1. The molecule has 2 N–H and O–H groups in total. The van der Waals surface area contributed by atoms with Crippen molar-refractivity contribution in [1.82, 2.24) is 0 Å². The van der Waals surface area contributed by atoms with Crippen LogP contribution in [0.4, 0.5) is 10.1 Å². The van der Waals surface area contributed by atoms with Crippen LogP contribution in [0.2, 0.25) is 5.02 Å². The van der Waals surface area contributed by atoms with Crippen molar-refractivity contribution in [3.63, 3.8) is 0 Å². The molecule has 0 heterocycles. The summed E-state index contributed by atoms with van der Waals surface area (Å²) >= 11 is 5.86. The Bertz CT molecular complexity index is 632. The lowest BCUT2D eigenvalue weighted by atomic mass is 10.1. The largest absolute Gasteiger partial charge is 0.508 e. The lowest BCUT2D eigenvalue weighted by molar-refractivity contribution is 0.468. The van der Waals surface area contributed by atoms with Crippen molar-refractivity contribution in [3.8, 4) is 11.8 Å². The van der Waals surface area contributed by atoms with Crippen LogP contribution in [-0.2, 0) is 6.54 Å². The van der Waals surface area contributed by atoms with Crippen LogP contribution in [0.25, 0.3) is 0 Å². The van der Waals surface area contributed by atoms with E-state index in [0.29, 0.717) is 21.8 Å². The zero-order valence-electron chi connectivity index (χ0n) is 9.82. The Labute approximate surface area is 114 Å². The predicted molar refractivity (Wildman–Crippen MR) is 71.6 cm³/mol. The summed E-state index contributed by atoms with van der Waals surface area (Å²) in [6.07, 6.45) is 0. The zero-order chi connectivity index (χ0) is 13.8. The molecule has 0 saturated carbocycles. The van der Waals surface area contributed by atoms with Crippen molar-refractivity contribution >= 4 is 17.3 Å². The van der Waals surface area contributed by atoms with Gasteiger partial charge in [-0.3, -0.25) is 0 Å². The minimum absolute atomic E-state index is 0.136. The summed E-state index contributed by atoms with van der Waals surface area (Å²) in [7, 11) is 0. The van der Waals surface area contributed by atoms with Crippen LogP contribution in [0.5, 0.6) is 5.75 Å². The Morgan fingerprint density at radius 3 is 2.74 bits per heavy atom. The summed E-state index contributed by atoms with van der Waals surface area (Å²) in [5.41, 5.74) is 1.59. The number of benzene rings is 2. The Kier molecular flexibility index (Phi) is 3.88. The van der Waals surface area contributed by atoms with Crippen LogP contribution in [-0.4, -0.2) is 5.11 Å². The third-order valence-electron chi connectivity index (χ3n) is 2.53. The summed E-state index contributed by atoms with van der Waals surface area (Å²) in [4.78, 5) is 0. The van der Waals surface area contributed by atoms with Crippen molar-refractivity contribution < 1.29 is 9.50 Å². The fourth-order valence-electron chi connectivity index (χ4n) is 1.69. The number of hydrogen-bond donors (Lipinski definition) is 2.